The number of ether oxygens (including phenoxy) is 1. The van der Waals surface area contributed by atoms with E-state index in [2.05, 4.69) is 5.32 Å². The van der Waals surface area contributed by atoms with Gasteiger partial charge in [-0.3, -0.25) is 4.79 Å². The molecule has 23 heavy (non-hydrogen) atoms. The summed E-state index contributed by atoms with van der Waals surface area (Å²) in [6.45, 7) is 4.40. The number of carboxylic acids is 1. The number of hydrogen-bond acceptors (Lipinski definition) is 3. The van der Waals surface area contributed by atoms with Gasteiger partial charge in [0.2, 0.25) is 0 Å². The second kappa shape index (κ2) is 8.34. The molecule has 0 aliphatic rings. The monoisotopic (exact) mass is 313 g/mol. The highest BCUT2D eigenvalue weighted by atomic mass is 16.5. The summed E-state index contributed by atoms with van der Waals surface area (Å²) < 4.78 is 5.73. The van der Waals surface area contributed by atoms with Crippen LogP contribution in [0, 0.1) is 0 Å². The molecule has 2 rings (SSSR count). The zero-order valence-corrected chi connectivity index (χ0v) is 13.5. The highest BCUT2D eigenvalue weighted by molar-refractivity contribution is 5.74. The number of rotatable bonds is 8. The van der Waals surface area contributed by atoms with E-state index in [1.165, 1.54) is 0 Å². The van der Waals surface area contributed by atoms with Crippen molar-refractivity contribution in [2.24, 2.45) is 0 Å². The first kappa shape index (κ1) is 17.0. The predicted octanol–water partition coefficient (Wildman–Crippen LogP) is 3.26. The van der Waals surface area contributed by atoms with E-state index in [1.807, 2.05) is 68.4 Å². The van der Waals surface area contributed by atoms with Crippen LogP contribution in [0.25, 0.3) is 0 Å². The minimum absolute atomic E-state index is 0.129. The van der Waals surface area contributed by atoms with Crippen LogP contribution in [-0.2, 0) is 17.8 Å². The van der Waals surface area contributed by atoms with Crippen LogP contribution in [0.4, 0.5) is 0 Å². The molecule has 0 heterocycles. The highest BCUT2D eigenvalue weighted by Crippen LogP contribution is 2.15. The molecular weight excluding hydrogens is 290 g/mol. The molecule has 4 heteroatoms. The Kier molecular flexibility index (Phi) is 6.18. The molecule has 1 unspecified atom stereocenters. The van der Waals surface area contributed by atoms with Crippen LogP contribution in [0.5, 0.6) is 5.75 Å². The molecule has 122 valence electrons. The van der Waals surface area contributed by atoms with E-state index in [1.54, 1.807) is 0 Å². The van der Waals surface area contributed by atoms with Gasteiger partial charge in [-0.1, -0.05) is 56.3 Å². The van der Waals surface area contributed by atoms with Crippen LogP contribution in [0.3, 0.4) is 0 Å². The molecule has 2 N–H and O–H groups in total. The minimum atomic E-state index is -0.830. The van der Waals surface area contributed by atoms with Crippen molar-refractivity contribution in [3.05, 3.63) is 65.7 Å². The third-order valence-corrected chi connectivity index (χ3v) is 3.44. The Bertz CT molecular complexity index is 608. The minimum Gasteiger partial charge on any atom is -0.489 e. The summed E-state index contributed by atoms with van der Waals surface area (Å²) in [6, 6.07) is 17.1. The van der Waals surface area contributed by atoms with Gasteiger partial charge in [0, 0.05) is 6.04 Å². The Labute approximate surface area is 137 Å². The molecule has 2 aromatic carbocycles. The van der Waals surface area contributed by atoms with E-state index in [9.17, 15) is 9.90 Å². The van der Waals surface area contributed by atoms with Crippen molar-refractivity contribution in [2.75, 3.05) is 0 Å². The van der Waals surface area contributed by atoms with Crippen molar-refractivity contribution in [1.82, 2.24) is 5.32 Å². The van der Waals surface area contributed by atoms with Crippen LogP contribution in [0.1, 0.15) is 25.0 Å². The maximum absolute atomic E-state index is 11.3. The fourth-order valence-electron chi connectivity index (χ4n) is 2.32. The van der Waals surface area contributed by atoms with Crippen molar-refractivity contribution < 1.29 is 14.6 Å². The smallest absolute Gasteiger partial charge is 0.321 e. The highest BCUT2D eigenvalue weighted by Gasteiger charge is 2.18. The first-order chi connectivity index (χ1) is 11.0. The average molecular weight is 313 g/mol. The van der Waals surface area contributed by atoms with Crippen molar-refractivity contribution in [2.45, 2.75) is 39.0 Å². The van der Waals surface area contributed by atoms with E-state index < -0.39 is 12.0 Å². The molecule has 2 aromatic rings. The zero-order chi connectivity index (χ0) is 16.7. The Morgan fingerprint density at radius 1 is 1.04 bits per heavy atom. The van der Waals surface area contributed by atoms with Gasteiger partial charge in [0.15, 0.2) is 0 Å². The molecule has 0 saturated carbocycles. The van der Waals surface area contributed by atoms with Gasteiger partial charge in [-0.2, -0.15) is 0 Å². The lowest BCUT2D eigenvalue weighted by Gasteiger charge is -2.17. The maximum atomic E-state index is 11.3. The predicted molar refractivity (Wildman–Crippen MR) is 90.6 cm³/mol. The Morgan fingerprint density at radius 2 is 1.70 bits per heavy atom. The van der Waals surface area contributed by atoms with E-state index in [4.69, 9.17) is 4.74 Å². The average Bonchev–Trinajstić information content (AvgIpc) is 2.54. The standard InChI is InChI=1S/C19H23NO3/c1-14(2)20-18(19(21)22)12-15-8-10-17(11-9-15)23-13-16-6-4-3-5-7-16/h3-11,14,18,20H,12-13H2,1-2H3,(H,21,22). The quantitative estimate of drug-likeness (QED) is 0.785. The van der Waals surface area contributed by atoms with E-state index in [0.29, 0.717) is 13.0 Å². The molecule has 0 aliphatic heterocycles. The first-order valence-corrected chi connectivity index (χ1v) is 7.79. The van der Waals surface area contributed by atoms with Crippen LogP contribution in [0.15, 0.2) is 54.6 Å². The van der Waals surface area contributed by atoms with Gasteiger partial charge in [0.1, 0.15) is 18.4 Å². The molecular formula is C19H23NO3. The summed E-state index contributed by atoms with van der Waals surface area (Å²) in [4.78, 5) is 11.3. The van der Waals surface area contributed by atoms with Gasteiger partial charge in [-0.15, -0.1) is 0 Å². The molecule has 4 nitrogen and oxygen atoms in total. The molecule has 0 spiro atoms. The third-order valence-electron chi connectivity index (χ3n) is 3.44. The molecule has 0 aromatic heterocycles. The summed E-state index contributed by atoms with van der Waals surface area (Å²) in [5.41, 5.74) is 2.08. The van der Waals surface area contributed by atoms with Crippen LogP contribution >= 0.6 is 0 Å². The molecule has 1 atom stereocenters. The van der Waals surface area contributed by atoms with Crippen LogP contribution in [0.2, 0.25) is 0 Å². The lowest BCUT2D eigenvalue weighted by atomic mass is 10.1. The number of carbonyl (C=O) groups is 1. The van der Waals surface area contributed by atoms with Gasteiger partial charge in [0.25, 0.3) is 0 Å². The number of aliphatic carboxylic acids is 1. The van der Waals surface area contributed by atoms with Crippen molar-refractivity contribution in [3.63, 3.8) is 0 Å². The Morgan fingerprint density at radius 3 is 2.26 bits per heavy atom. The fraction of sp³-hybridized carbons (Fsp3) is 0.316. The van der Waals surface area contributed by atoms with E-state index >= 15 is 0 Å². The lowest BCUT2D eigenvalue weighted by molar-refractivity contribution is -0.139. The normalized spacial score (nSPS) is 12.1. The lowest BCUT2D eigenvalue weighted by Crippen LogP contribution is -2.42. The fourth-order valence-corrected chi connectivity index (χ4v) is 2.32. The molecule has 0 aliphatic carbocycles. The summed E-state index contributed by atoms with van der Waals surface area (Å²) >= 11 is 0. The summed E-state index contributed by atoms with van der Waals surface area (Å²) in [5.74, 6) is -0.0515. The van der Waals surface area contributed by atoms with Gasteiger partial charge >= 0.3 is 5.97 Å². The number of carboxylic acid groups (broad SMARTS) is 1. The Hall–Kier alpha value is -2.33. The Balaban J connectivity index is 1.92. The van der Waals surface area contributed by atoms with Gasteiger partial charge < -0.3 is 15.2 Å². The molecule has 0 radical (unpaired) electrons. The molecule has 0 bridgehead atoms. The van der Waals surface area contributed by atoms with Gasteiger partial charge in [0.05, 0.1) is 0 Å². The topological polar surface area (TPSA) is 58.6 Å². The molecule has 0 amide bonds. The molecule has 0 saturated heterocycles. The van der Waals surface area contributed by atoms with Gasteiger partial charge in [-0.05, 0) is 29.7 Å². The SMILES string of the molecule is CC(C)NC(Cc1ccc(OCc2ccccc2)cc1)C(=O)O. The van der Waals surface area contributed by atoms with Crippen molar-refractivity contribution in [1.29, 1.82) is 0 Å². The number of hydrogen-bond donors (Lipinski definition) is 2. The third kappa shape index (κ3) is 5.75. The summed E-state index contributed by atoms with van der Waals surface area (Å²) in [7, 11) is 0. The largest absolute Gasteiger partial charge is 0.489 e. The second-order valence-electron chi connectivity index (χ2n) is 5.83. The number of benzene rings is 2. The van der Waals surface area contributed by atoms with Crippen molar-refractivity contribution >= 4 is 5.97 Å². The van der Waals surface area contributed by atoms with Crippen molar-refractivity contribution in [3.8, 4) is 5.75 Å². The van der Waals surface area contributed by atoms with E-state index in [-0.39, 0.29) is 6.04 Å². The zero-order valence-electron chi connectivity index (χ0n) is 13.5. The van der Waals surface area contributed by atoms with Crippen LogP contribution in [-0.4, -0.2) is 23.2 Å². The second-order valence-corrected chi connectivity index (χ2v) is 5.83. The van der Waals surface area contributed by atoms with Crippen LogP contribution < -0.4 is 10.1 Å². The van der Waals surface area contributed by atoms with E-state index in [0.717, 1.165) is 16.9 Å². The molecule has 0 fully saturated rings. The first-order valence-electron chi connectivity index (χ1n) is 7.79. The maximum Gasteiger partial charge on any atom is 0.321 e. The summed E-state index contributed by atoms with van der Waals surface area (Å²) in [6.07, 6.45) is 0.451. The summed E-state index contributed by atoms with van der Waals surface area (Å²) in [5, 5.41) is 12.3. The number of nitrogens with one attached hydrogen (secondary N) is 1. The van der Waals surface area contributed by atoms with Gasteiger partial charge in [-0.25, -0.2) is 0 Å².